The van der Waals surface area contributed by atoms with Gasteiger partial charge in [0.2, 0.25) is 0 Å². The summed E-state index contributed by atoms with van der Waals surface area (Å²) in [6.07, 6.45) is 1.58. The molecule has 0 saturated carbocycles. The number of carbonyl (C=O) groups is 1. The molecule has 0 saturated heterocycles. The maximum absolute atomic E-state index is 13.1. The molecule has 6 nitrogen and oxygen atoms in total. The molecule has 0 bridgehead atoms. The first-order valence-electron chi connectivity index (χ1n) is 8.99. The van der Waals surface area contributed by atoms with E-state index in [-0.39, 0.29) is 5.91 Å². The summed E-state index contributed by atoms with van der Waals surface area (Å²) in [6, 6.07) is 22.1. The van der Waals surface area contributed by atoms with Gasteiger partial charge in [0, 0.05) is 6.07 Å². The monoisotopic (exact) mass is 373 g/mol. The SMILES string of the molecule is CCOc1ccccc1NC(=O)c1cc(-c2ccco2)nn1-c1ccccc1. The number of furan rings is 1. The van der Waals surface area contributed by atoms with Gasteiger partial charge in [0.1, 0.15) is 17.1 Å². The van der Waals surface area contributed by atoms with Crippen LogP contribution in [0.15, 0.2) is 83.5 Å². The lowest BCUT2D eigenvalue weighted by Crippen LogP contribution is -2.17. The first-order chi connectivity index (χ1) is 13.8. The Morgan fingerprint density at radius 3 is 2.61 bits per heavy atom. The van der Waals surface area contributed by atoms with Crippen LogP contribution in [0.25, 0.3) is 17.1 Å². The fraction of sp³-hybridized carbons (Fsp3) is 0.0909. The lowest BCUT2D eigenvalue weighted by Gasteiger charge is -2.12. The third-order valence-corrected chi connectivity index (χ3v) is 4.15. The molecule has 140 valence electrons. The number of amides is 1. The van der Waals surface area contributed by atoms with Crippen molar-refractivity contribution in [3.05, 3.63) is 84.8 Å². The van der Waals surface area contributed by atoms with Crippen molar-refractivity contribution in [2.45, 2.75) is 6.92 Å². The second-order valence-electron chi connectivity index (χ2n) is 6.02. The van der Waals surface area contributed by atoms with Crippen molar-refractivity contribution in [1.29, 1.82) is 0 Å². The zero-order valence-corrected chi connectivity index (χ0v) is 15.3. The van der Waals surface area contributed by atoms with Crippen LogP contribution in [0.4, 0.5) is 5.69 Å². The smallest absolute Gasteiger partial charge is 0.274 e. The molecule has 6 heteroatoms. The topological polar surface area (TPSA) is 69.3 Å². The molecule has 2 heterocycles. The average Bonchev–Trinajstić information content (AvgIpc) is 3.40. The fourth-order valence-corrected chi connectivity index (χ4v) is 2.89. The second kappa shape index (κ2) is 7.84. The van der Waals surface area contributed by atoms with Crippen LogP contribution in [0.5, 0.6) is 5.75 Å². The number of aromatic nitrogens is 2. The fourth-order valence-electron chi connectivity index (χ4n) is 2.89. The van der Waals surface area contributed by atoms with Crippen LogP contribution in [0.3, 0.4) is 0 Å². The highest BCUT2D eigenvalue weighted by atomic mass is 16.5. The second-order valence-corrected chi connectivity index (χ2v) is 6.02. The Bertz CT molecular complexity index is 1070. The molecule has 1 amide bonds. The standard InChI is InChI=1S/C22H19N3O3/c1-2-27-20-12-7-6-11-17(20)23-22(26)19-15-18(21-13-8-14-28-21)24-25(19)16-9-4-3-5-10-16/h3-15H,2H2,1H3,(H,23,26). The minimum Gasteiger partial charge on any atom is -0.492 e. The molecule has 1 N–H and O–H groups in total. The molecule has 0 aliphatic carbocycles. The van der Waals surface area contributed by atoms with E-state index in [0.717, 1.165) is 5.69 Å². The van der Waals surface area contributed by atoms with E-state index >= 15 is 0 Å². The molecule has 0 spiro atoms. The Morgan fingerprint density at radius 1 is 1.07 bits per heavy atom. The first-order valence-corrected chi connectivity index (χ1v) is 8.99. The van der Waals surface area contributed by atoms with Crippen molar-refractivity contribution >= 4 is 11.6 Å². The van der Waals surface area contributed by atoms with Gasteiger partial charge >= 0.3 is 0 Å². The van der Waals surface area contributed by atoms with E-state index in [4.69, 9.17) is 9.15 Å². The highest BCUT2D eigenvalue weighted by Crippen LogP contribution is 2.26. The van der Waals surface area contributed by atoms with Gasteiger partial charge < -0.3 is 14.5 Å². The quantitative estimate of drug-likeness (QED) is 0.528. The predicted octanol–water partition coefficient (Wildman–Crippen LogP) is 4.78. The molecule has 2 aromatic heterocycles. The molecule has 28 heavy (non-hydrogen) atoms. The summed E-state index contributed by atoms with van der Waals surface area (Å²) in [7, 11) is 0. The maximum atomic E-state index is 13.1. The largest absolute Gasteiger partial charge is 0.492 e. The van der Waals surface area contributed by atoms with Crippen LogP contribution >= 0.6 is 0 Å². The molecular weight excluding hydrogens is 354 g/mol. The summed E-state index contributed by atoms with van der Waals surface area (Å²) < 4.78 is 12.7. The van der Waals surface area contributed by atoms with E-state index in [9.17, 15) is 4.79 Å². The Labute approximate surface area is 162 Å². The number of para-hydroxylation sites is 3. The third-order valence-electron chi connectivity index (χ3n) is 4.15. The summed E-state index contributed by atoms with van der Waals surface area (Å²) >= 11 is 0. The molecule has 4 aromatic rings. The number of anilines is 1. The molecule has 0 aliphatic heterocycles. The van der Waals surface area contributed by atoms with E-state index < -0.39 is 0 Å². The van der Waals surface area contributed by atoms with E-state index in [2.05, 4.69) is 10.4 Å². The number of hydrogen-bond acceptors (Lipinski definition) is 4. The van der Waals surface area contributed by atoms with Gasteiger partial charge in [-0.15, -0.1) is 0 Å². The van der Waals surface area contributed by atoms with Crippen LogP contribution in [0, 0.1) is 0 Å². The highest BCUT2D eigenvalue weighted by Gasteiger charge is 2.19. The Morgan fingerprint density at radius 2 is 1.86 bits per heavy atom. The Balaban J connectivity index is 1.73. The predicted molar refractivity (Wildman–Crippen MR) is 107 cm³/mol. The number of rotatable bonds is 6. The van der Waals surface area contributed by atoms with Gasteiger partial charge in [-0.25, -0.2) is 4.68 Å². The van der Waals surface area contributed by atoms with E-state index in [0.29, 0.717) is 35.2 Å². The van der Waals surface area contributed by atoms with Crippen LogP contribution in [-0.4, -0.2) is 22.3 Å². The van der Waals surface area contributed by atoms with Gasteiger partial charge in [-0.3, -0.25) is 4.79 Å². The van der Waals surface area contributed by atoms with E-state index in [1.165, 1.54) is 0 Å². The summed E-state index contributed by atoms with van der Waals surface area (Å²) in [5.74, 6) is 0.926. The molecular formula is C22H19N3O3. The lowest BCUT2D eigenvalue weighted by molar-refractivity contribution is 0.101. The number of hydrogen-bond donors (Lipinski definition) is 1. The van der Waals surface area contributed by atoms with Gasteiger partial charge in [0.05, 0.1) is 24.2 Å². The van der Waals surface area contributed by atoms with Crippen molar-refractivity contribution in [3.8, 4) is 22.9 Å². The zero-order chi connectivity index (χ0) is 19.3. The number of nitrogens with zero attached hydrogens (tertiary/aromatic N) is 2. The summed E-state index contributed by atoms with van der Waals surface area (Å²) in [6.45, 7) is 2.41. The molecule has 0 atom stereocenters. The van der Waals surface area contributed by atoms with E-state index in [1.54, 1.807) is 29.1 Å². The number of benzene rings is 2. The summed E-state index contributed by atoms with van der Waals surface area (Å²) in [5, 5.41) is 7.50. The molecule has 2 aromatic carbocycles. The molecule has 0 fully saturated rings. The summed E-state index contributed by atoms with van der Waals surface area (Å²) in [4.78, 5) is 13.1. The number of nitrogens with one attached hydrogen (secondary N) is 1. The zero-order valence-electron chi connectivity index (χ0n) is 15.3. The normalized spacial score (nSPS) is 10.6. The lowest BCUT2D eigenvalue weighted by atomic mass is 10.2. The minimum absolute atomic E-state index is 0.290. The van der Waals surface area contributed by atoms with Gasteiger partial charge in [-0.2, -0.15) is 5.10 Å². The Hall–Kier alpha value is -3.80. The maximum Gasteiger partial charge on any atom is 0.274 e. The van der Waals surface area contributed by atoms with Crippen LogP contribution < -0.4 is 10.1 Å². The van der Waals surface area contributed by atoms with Crippen molar-refractivity contribution in [2.75, 3.05) is 11.9 Å². The average molecular weight is 373 g/mol. The summed E-state index contributed by atoms with van der Waals surface area (Å²) in [5.41, 5.74) is 2.36. The van der Waals surface area contributed by atoms with Crippen molar-refractivity contribution in [1.82, 2.24) is 9.78 Å². The molecule has 4 rings (SSSR count). The van der Waals surface area contributed by atoms with Gasteiger partial charge in [-0.05, 0) is 43.3 Å². The van der Waals surface area contributed by atoms with Crippen molar-refractivity contribution in [3.63, 3.8) is 0 Å². The van der Waals surface area contributed by atoms with Gasteiger partial charge in [0.25, 0.3) is 5.91 Å². The van der Waals surface area contributed by atoms with Crippen molar-refractivity contribution in [2.24, 2.45) is 0 Å². The molecule has 0 radical (unpaired) electrons. The number of carbonyl (C=O) groups excluding carboxylic acids is 1. The van der Waals surface area contributed by atoms with E-state index in [1.807, 2.05) is 61.5 Å². The van der Waals surface area contributed by atoms with Crippen LogP contribution in [0.2, 0.25) is 0 Å². The van der Waals surface area contributed by atoms with Crippen LogP contribution in [-0.2, 0) is 0 Å². The van der Waals surface area contributed by atoms with Gasteiger partial charge in [0.15, 0.2) is 5.76 Å². The Kier molecular flexibility index (Phi) is 4.93. The third kappa shape index (κ3) is 3.53. The minimum atomic E-state index is -0.290. The highest BCUT2D eigenvalue weighted by molar-refractivity contribution is 6.04. The van der Waals surface area contributed by atoms with Gasteiger partial charge in [-0.1, -0.05) is 30.3 Å². The first kappa shape index (κ1) is 17.6. The van der Waals surface area contributed by atoms with Crippen LogP contribution in [0.1, 0.15) is 17.4 Å². The molecule has 0 unspecified atom stereocenters. The number of ether oxygens (including phenoxy) is 1. The van der Waals surface area contributed by atoms with Crippen molar-refractivity contribution < 1.29 is 13.9 Å². The molecule has 0 aliphatic rings.